The van der Waals surface area contributed by atoms with Crippen molar-refractivity contribution in [2.45, 2.75) is 31.8 Å². The fourth-order valence-electron chi connectivity index (χ4n) is 3.35. The maximum absolute atomic E-state index is 12.3. The molecule has 0 fully saturated rings. The van der Waals surface area contributed by atoms with Crippen molar-refractivity contribution < 1.29 is 17.9 Å². The van der Waals surface area contributed by atoms with Crippen molar-refractivity contribution in [2.24, 2.45) is 0 Å². The Bertz CT molecular complexity index is 926. The van der Waals surface area contributed by atoms with Gasteiger partial charge < -0.3 is 10.1 Å². The first-order valence-electron chi connectivity index (χ1n) is 9.33. The summed E-state index contributed by atoms with van der Waals surface area (Å²) in [6, 6.07) is 15.3. The number of nitrogens with zero attached hydrogens (tertiary/aromatic N) is 1. The van der Waals surface area contributed by atoms with E-state index in [1.54, 1.807) is 24.3 Å². The molecule has 0 unspecified atom stereocenters. The van der Waals surface area contributed by atoms with Crippen LogP contribution in [0.3, 0.4) is 0 Å². The first-order chi connectivity index (χ1) is 13.3. The average molecular weight is 403 g/mol. The maximum Gasteiger partial charge on any atom is 0.258 e. The van der Waals surface area contributed by atoms with Crippen LogP contribution in [0, 0.1) is 0 Å². The number of ether oxygens (including phenoxy) is 1. The number of nitrogens with one attached hydrogen (secondary N) is 1. The zero-order valence-electron chi connectivity index (χ0n) is 16.2. The number of sulfonamides is 1. The molecule has 6 nitrogen and oxygen atoms in total. The second-order valence-corrected chi connectivity index (χ2v) is 9.25. The summed E-state index contributed by atoms with van der Waals surface area (Å²) in [4.78, 5) is 12.3. The molecule has 3 rings (SSSR count). The Morgan fingerprint density at radius 1 is 1.18 bits per heavy atom. The lowest BCUT2D eigenvalue weighted by Gasteiger charge is -2.26. The molecule has 0 radical (unpaired) electrons. The van der Waals surface area contributed by atoms with Gasteiger partial charge in [-0.25, -0.2) is 12.7 Å². The Labute approximate surface area is 166 Å². The van der Waals surface area contributed by atoms with Crippen LogP contribution in [-0.4, -0.2) is 38.5 Å². The van der Waals surface area contributed by atoms with Gasteiger partial charge in [0, 0.05) is 13.6 Å². The number of hydrogen-bond donors (Lipinski definition) is 1. The predicted molar refractivity (Wildman–Crippen MR) is 109 cm³/mol. The van der Waals surface area contributed by atoms with E-state index in [0.717, 1.165) is 24.8 Å². The van der Waals surface area contributed by atoms with E-state index in [9.17, 15) is 13.2 Å². The quantitative estimate of drug-likeness (QED) is 0.773. The third-order valence-corrected chi connectivity index (χ3v) is 6.23. The molecule has 2 aromatic rings. The summed E-state index contributed by atoms with van der Waals surface area (Å²) in [5.41, 5.74) is 3.35. The van der Waals surface area contributed by atoms with Gasteiger partial charge in [-0.15, -0.1) is 0 Å². The highest BCUT2D eigenvalue weighted by Crippen LogP contribution is 2.29. The SMILES string of the molecule is CN(Cc1ccc(OCC(=O)N[C@@H]2CCCc3ccccc32)cc1)S(C)(=O)=O. The van der Waals surface area contributed by atoms with Crippen LogP contribution in [0.2, 0.25) is 0 Å². The highest BCUT2D eigenvalue weighted by Gasteiger charge is 2.21. The minimum atomic E-state index is -3.22. The van der Waals surface area contributed by atoms with E-state index in [1.807, 2.05) is 12.1 Å². The molecular weight excluding hydrogens is 376 g/mol. The maximum atomic E-state index is 12.3. The number of amides is 1. The van der Waals surface area contributed by atoms with Gasteiger partial charge in [0.1, 0.15) is 5.75 Å². The molecule has 0 saturated heterocycles. The first kappa shape index (κ1) is 20.4. The molecule has 1 aliphatic rings. The zero-order chi connectivity index (χ0) is 20.1. The Hall–Kier alpha value is -2.38. The number of aryl methyl sites for hydroxylation is 1. The molecule has 0 heterocycles. The third kappa shape index (κ3) is 5.33. The largest absolute Gasteiger partial charge is 0.484 e. The molecule has 1 N–H and O–H groups in total. The second kappa shape index (κ2) is 8.75. The van der Waals surface area contributed by atoms with Gasteiger partial charge in [0.25, 0.3) is 5.91 Å². The Morgan fingerprint density at radius 3 is 2.61 bits per heavy atom. The molecule has 28 heavy (non-hydrogen) atoms. The van der Waals surface area contributed by atoms with Crippen LogP contribution in [-0.2, 0) is 27.8 Å². The van der Waals surface area contributed by atoms with Gasteiger partial charge in [-0.2, -0.15) is 0 Å². The van der Waals surface area contributed by atoms with Crippen LogP contribution < -0.4 is 10.1 Å². The van der Waals surface area contributed by atoms with Crippen molar-refractivity contribution in [3.63, 3.8) is 0 Å². The molecular formula is C21H26N2O4S. The highest BCUT2D eigenvalue weighted by atomic mass is 32.2. The van der Waals surface area contributed by atoms with Gasteiger partial charge in [-0.3, -0.25) is 4.79 Å². The molecule has 0 spiro atoms. The van der Waals surface area contributed by atoms with Gasteiger partial charge in [0.15, 0.2) is 6.61 Å². The van der Waals surface area contributed by atoms with E-state index in [2.05, 4.69) is 17.4 Å². The second-order valence-electron chi connectivity index (χ2n) is 7.16. The monoisotopic (exact) mass is 402 g/mol. The van der Waals surface area contributed by atoms with Crippen molar-refractivity contribution in [3.8, 4) is 5.75 Å². The summed E-state index contributed by atoms with van der Waals surface area (Å²) in [7, 11) is -1.68. The average Bonchev–Trinajstić information content (AvgIpc) is 2.67. The molecule has 1 atom stereocenters. The lowest BCUT2D eigenvalue weighted by atomic mass is 9.88. The standard InChI is InChI=1S/C21H26N2O4S/c1-23(28(2,25)26)14-16-10-12-18(13-11-16)27-15-21(24)22-20-9-5-7-17-6-3-4-8-19(17)20/h3-4,6,8,10-13,20H,5,7,9,14-15H2,1-2H3,(H,22,24)/t20-/m1/s1. The van der Waals surface area contributed by atoms with E-state index in [4.69, 9.17) is 4.74 Å². The van der Waals surface area contributed by atoms with Crippen molar-refractivity contribution in [3.05, 3.63) is 65.2 Å². The summed E-state index contributed by atoms with van der Waals surface area (Å²) in [6.07, 6.45) is 4.23. The van der Waals surface area contributed by atoms with E-state index < -0.39 is 10.0 Å². The fraction of sp³-hybridized carbons (Fsp3) is 0.381. The van der Waals surface area contributed by atoms with E-state index in [0.29, 0.717) is 12.3 Å². The predicted octanol–water partition coefficient (Wildman–Crippen LogP) is 2.65. The Balaban J connectivity index is 1.51. The van der Waals surface area contributed by atoms with Gasteiger partial charge >= 0.3 is 0 Å². The molecule has 0 saturated carbocycles. The summed E-state index contributed by atoms with van der Waals surface area (Å²) >= 11 is 0. The van der Waals surface area contributed by atoms with Crippen LogP contribution in [0.25, 0.3) is 0 Å². The molecule has 0 bridgehead atoms. The van der Waals surface area contributed by atoms with Crippen LogP contribution in [0.15, 0.2) is 48.5 Å². The van der Waals surface area contributed by atoms with Crippen LogP contribution in [0.5, 0.6) is 5.75 Å². The van der Waals surface area contributed by atoms with Crippen molar-refractivity contribution in [2.75, 3.05) is 19.9 Å². The molecule has 7 heteroatoms. The smallest absolute Gasteiger partial charge is 0.258 e. The molecule has 1 aliphatic carbocycles. The van der Waals surface area contributed by atoms with Gasteiger partial charge in [0.2, 0.25) is 10.0 Å². The van der Waals surface area contributed by atoms with Crippen molar-refractivity contribution >= 4 is 15.9 Å². The first-order valence-corrected chi connectivity index (χ1v) is 11.2. The number of carbonyl (C=O) groups is 1. The summed E-state index contributed by atoms with van der Waals surface area (Å²) in [5.74, 6) is 0.424. The van der Waals surface area contributed by atoms with Gasteiger partial charge in [0.05, 0.1) is 12.3 Å². The number of rotatable bonds is 7. The van der Waals surface area contributed by atoms with Crippen LogP contribution in [0.1, 0.15) is 35.6 Å². The normalized spacial score (nSPS) is 16.5. The number of hydrogen-bond acceptors (Lipinski definition) is 4. The van der Waals surface area contributed by atoms with E-state index in [-0.39, 0.29) is 18.6 Å². The Morgan fingerprint density at radius 2 is 1.89 bits per heavy atom. The zero-order valence-corrected chi connectivity index (χ0v) is 17.0. The minimum absolute atomic E-state index is 0.0370. The Kier molecular flexibility index (Phi) is 6.36. The number of carbonyl (C=O) groups excluding carboxylic acids is 1. The molecule has 2 aromatic carbocycles. The van der Waals surface area contributed by atoms with Gasteiger partial charge in [-0.1, -0.05) is 36.4 Å². The summed E-state index contributed by atoms with van der Waals surface area (Å²) in [6.45, 7) is 0.238. The minimum Gasteiger partial charge on any atom is -0.484 e. The van der Waals surface area contributed by atoms with E-state index in [1.165, 1.54) is 28.7 Å². The lowest BCUT2D eigenvalue weighted by molar-refractivity contribution is -0.123. The highest BCUT2D eigenvalue weighted by molar-refractivity contribution is 7.88. The lowest BCUT2D eigenvalue weighted by Crippen LogP contribution is -2.34. The molecule has 150 valence electrons. The summed E-state index contributed by atoms with van der Waals surface area (Å²) < 4.78 is 29.8. The molecule has 0 aliphatic heterocycles. The fourth-order valence-corrected chi connectivity index (χ4v) is 3.74. The van der Waals surface area contributed by atoms with E-state index >= 15 is 0 Å². The van der Waals surface area contributed by atoms with Crippen molar-refractivity contribution in [1.82, 2.24) is 9.62 Å². The van der Waals surface area contributed by atoms with Crippen LogP contribution in [0.4, 0.5) is 0 Å². The number of fused-ring (bicyclic) bond motifs is 1. The topological polar surface area (TPSA) is 75.7 Å². The number of benzene rings is 2. The summed E-state index contributed by atoms with van der Waals surface area (Å²) in [5, 5.41) is 3.06. The van der Waals surface area contributed by atoms with Gasteiger partial charge in [-0.05, 0) is 48.1 Å². The third-order valence-electron chi connectivity index (χ3n) is 4.97. The molecule has 0 aromatic heterocycles. The molecule has 1 amide bonds. The van der Waals surface area contributed by atoms with Crippen LogP contribution >= 0.6 is 0 Å². The van der Waals surface area contributed by atoms with Crippen molar-refractivity contribution in [1.29, 1.82) is 0 Å².